The molecule has 1 N–H and O–H groups in total. The molecule has 0 atom stereocenters. The van der Waals surface area contributed by atoms with Crippen LogP contribution in [-0.2, 0) is 9.53 Å². The number of nitrogens with one attached hydrogen (secondary N) is 1. The molecule has 0 aromatic heterocycles. The molecule has 0 spiro atoms. The molecule has 106 valence electrons. The van der Waals surface area contributed by atoms with Crippen LogP contribution in [0.15, 0.2) is 18.2 Å². The van der Waals surface area contributed by atoms with E-state index in [2.05, 4.69) is 11.4 Å². The number of benzene rings is 1. The van der Waals surface area contributed by atoms with Crippen LogP contribution in [0.5, 0.6) is 5.75 Å². The molecule has 2 rings (SSSR count). The number of hydrogen-bond acceptors (Lipinski definition) is 4. The van der Waals surface area contributed by atoms with Crippen molar-refractivity contribution in [3.8, 4) is 11.8 Å². The number of carbonyl (C=O) groups excluding carboxylic acids is 1. The van der Waals surface area contributed by atoms with Crippen LogP contribution in [0.4, 0.5) is 0 Å². The summed E-state index contributed by atoms with van der Waals surface area (Å²) in [6, 6.07) is 7.41. The molecule has 1 heterocycles. The number of carbonyl (C=O) groups is 1. The highest BCUT2D eigenvalue weighted by atomic mass is 16.5. The molecule has 1 amide bonds. The molecule has 1 aromatic carbocycles. The second-order valence-corrected chi connectivity index (χ2v) is 4.83. The number of ether oxygens (including phenoxy) is 2. The summed E-state index contributed by atoms with van der Waals surface area (Å²) in [5.41, 5.74) is 1.43. The monoisotopic (exact) mass is 274 g/mol. The van der Waals surface area contributed by atoms with Gasteiger partial charge in [-0.3, -0.25) is 4.79 Å². The van der Waals surface area contributed by atoms with Crippen LogP contribution in [0.3, 0.4) is 0 Å². The predicted molar refractivity (Wildman–Crippen MR) is 73.4 cm³/mol. The normalized spacial score (nSPS) is 15.4. The Morgan fingerprint density at radius 2 is 2.25 bits per heavy atom. The third kappa shape index (κ3) is 3.97. The Kier molecular flexibility index (Phi) is 4.97. The number of aryl methyl sites for hydroxylation is 1. The standard InChI is InChI=1S/C15H18N2O3/c1-11-2-3-12(9-16)8-14(11)20-10-15(18)17-13-4-6-19-7-5-13/h2-3,8,13H,4-7,10H2,1H3,(H,17,18). The summed E-state index contributed by atoms with van der Waals surface area (Å²) in [7, 11) is 0. The number of hydrogen-bond donors (Lipinski definition) is 1. The van der Waals surface area contributed by atoms with Crippen molar-refractivity contribution in [1.82, 2.24) is 5.32 Å². The van der Waals surface area contributed by atoms with Crippen LogP contribution in [-0.4, -0.2) is 31.8 Å². The van der Waals surface area contributed by atoms with Gasteiger partial charge in [0, 0.05) is 19.3 Å². The highest BCUT2D eigenvalue weighted by molar-refractivity contribution is 5.77. The van der Waals surface area contributed by atoms with Gasteiger partial charge in [-0.1, -0.05) is 6.07 Å². The van der Waals surface area contributed by atoms with Gasteiger partial charge in [0.1, 0.15) is 5.75 Å². The van der Waals surface area contributed by atoms with Crippen molar-refractivity contribution in [2.45, 2.75) is 25.8 Å². The number of nitriles is 1. The van der Waals surface area contributed by atoms with Gasteiger partial charge in [-0.15, -0.1) is 0 Å². The Morgan fingerprint density at radius 3 is 2.95 bits per heavy atom. The Labute approximate surface area is 118 Å². The van der Waals surface area contributed by atoms with E-state index in [9.17, 15) is 4.79 Å². The van der Waals surface area contributed by atoms with E-state index in [0.29, 0.717) is 24.5 Å². The maximum absolute atomic E-state index is 11.8. The first-order chi connectivity index (χ1) is 9.69. The summed E-state index contributed by atoms with van der Waals surface area (Å²) in [5, 5.41) is 11.8. The fourth-order valence-electron chi connectivity index (χ4n) is 2.08. The van der Waals surface area contributed by atoms with Crippen molar-refractivity contribution in [1.29, 1.82) is 5.26 Å². The number of rotatable bonds is 4. The predicted octanol–water partition coefficient (Wildman–Crippen LogP) is 1.54. The molecule has 1 aliphatic heterocycles. The highest BCUT2D eigenvalue weighted by Crippen LogP contribution is 2.19. The number of nitrogens with zero attached hydrogens (tertiary/aromatic N) is 1. The van der Waals surface area contributed by atoms with Crippen molar-refractivity contribution in [3.05, 3.63) is 29.3 Å². The molecule has 20 heavy (non-hydrogen) atoms. The van der Waals surface area contributed by atoms with Crippen LogP contribution >= 0.6 is 0 Å². The molecule has 1 aliphatic rings. The van der Waals surface area contributed by atoms with Crippen molar-refractivity contribution in [2.75, 3.05) is 19.8 Å². The van der Waals surface area contributed by atoms with E-state index in [-0.39, 0.29) is 18.6 Å². The van der Waals surface area contributed by atoms with Gasteiger partial charge in [-0.05, 0) is 37.5 Å². The molecule has 0 aliphatic carbocycles. The lowest BCUT2D eigenvalue weighted by Gasteiger charge is -2.23. The highest BCUT2D eigenvalue weighted by Gasteiger charge is 2.16. The van der Waals surface area contributed by atoms with Crippen molar-refractivity contribution < 1.29 is 14.3 Å². The molecule has 0 saturated carbocycles. The third-order valence-electron chi connectivity index (χ3n) is 3.26. The van der Waals surface area contributed by atoms with Gasteiger partial charge < -0.3 is 14.8 Å². The van der Waals surface area contributed by atoms with E-state index in [1.165, 1.54) is 0 Å². The van der Waals surface area contributed by atoms with E-state index < -0.39 is 0 Å². The van der Waals surface area contributed by atoms with Gasteiger partial charge in [-0.2, -0.15) is 5.26 Å². The molecular formula is C15H18N2O3. The van der Waals surface area contributed by atoms with E-state index in [1.807, 2.05) is 13.0 Å². The lowest BCUT2D eigenvalue weighted by atomic mass is 10.1. The second-order valence-electron chi connectivity index (χ2n) is 4.83. The molecular weight excluding hydrogens is 256 g/mol. The topological polar surface area (TPSA) is 71.3 Å². The average Bonchev–Trinajstić information content (AvgIpc) is 2.47. The van der Waals surface area contributed by atoms with Crippen LogP contribution in [0.25, 0.3) is 0 Å². The smallest absolute Gasteiger partial charge is 0.258 e. The molecule has 0 unspecified atom stereocenters. The van der Waals surface area contributed by atoms with Crippen molar-refractivity contribution >= 4 is 5.91 Å². The maximum Gasteiger partial charge on any atom is 0.258 e. The molecule has 0 radical (unpaired) electrons. The zero-order chi connectivity index (χ0) is 14.4. The summed E-state index contributed by atoms with van der Waals surface area (Å²) < 4.78 is 10.7. The first-order valence-corrected chi connectivity index (χ1v) is 6.69. The lowest BCUT2D eigenvalue weighted by Crippen LogP contribution is -2.41. The van der Waals surface area contributed by atoms with Crippen molar-refractivity contribution in [3.63, 3.8) is 0 Å². The maximum atomic E-state index is 11.8. The zero-order valence-corrected chi connectivity index (χ0v) is 11.5. The summed E-state index contributed by atoms with van der Waals surface area (Å²) in [5.74, 6) is 0.435. The summed E-state index contributed by atoms with van der Waals surface area (Å²) in [6.45, 7) is 3.23. The van der Waals surface area contributed by atoms with Crippen LogP contribution < -0.4 is 10.1 Å². The molecule has 1 saturated heterocycles. The molecule has 5 nitrogen and oxygen atoms in total. The van der Waals surface area contributed by atoms with Gasteiger partial charge in [0.05, 0.1) is 11.6 Å². The fraction of sp³-hybridized carbons (Fsp3) is 0.467. The first-order valence-electron chi connectivity index (χ1n) is 6.69. The third-order valence-corrected chi connectivity index (χ3v) is 3.26. The largest absolute Gasteiger partial charge is 0.483 e. The SMILES string of the molecule is Cc1ccc(C#N)cc1OCC(=O)NC1CCOCC1. The summed E-state index contributed by atoms with van der Waals surface area (Å²) >= 11 is 0. The Balaban J connectivity index is 1.85. The Morgan fingerprint density at radius 1 is 1.50 bits per heavy atom. The van der Waals surface area contributed by atoms with E-state index >= 15 is 0 Å². The minimum atomic E-state index is -0.140. The quantitative estimate of drug-likeness (QED) is 0.904. The Hall–Kier alpha value is -2.06. The first kappa shape index (κ1) is 14.4. The Bertz CT molecular complexity index is 516. The van der Waals surface area contributed by atoms with Crippen LogP contribution in [0, 0.1) is 18.3 Å². The number of amides is 1. The zero-order valence-electron chi connectivity index (χ0n) is 11.5. The van der Waals surface area contributed by atoms with Crippen LogP contribution in [0.1, 0.15) is 24.0 Å². The van der Waals surface area contributed by atoms with Gasteiger partial charge in [0.25, 0.3) is 5.91 Å². The minimum absolute atomic E-state index is 0.0346. The summed E-state index contributed by atoms with van der Waals surface area (Å²) in [4.78, 5) is 11.8. The lowest BCUT2D eigenvalue weighted by molar-refractivity contribution is -0.124. The van der Waals surface area contributed by atoms with Crippen LogP contribution in [0.2, 0.25) is 0 Å². The van der Waals surface area contributed by atoms with Gasteiger partial charge in [-0.25, -0.2) is 0 Å². The average molecular weight is 274 g/mol. The molecule has 1 fully saturated rings. The second kappa shape index (κ2) is 6.92. The van der Waals surface area contributed by atoms with E-state index in [1.54, 1.807) is 12.1 Å². The van der Waals surface area contributed by atoms with Crippen molar-refractivity contribution in [2.24, 2.45) is 0 Å². The molecule has 1 aromatic rings. The van der Waals surface area contributed by atoms with Gasteiger partial charge >= 0.3 is 0 Å². The van der Waals surface area contributed by atoms with Gasteiger partial charge in [0.15, 0.2) is 6.61 Å². The summed E-state index contributed by atoms with van der Waals surface area (Å²) in [6.07, 6.45) is 1.68. The minimum Gasteiger partial charge on any atom is -0.483 e. The van der Waals surface area contributed by atoms with E-state index in [0.717, 1.165) is 18.4 Å². The fourth-order valence-corrected chi connectivity index (χ4v) is 2.08. The molecule has 5 heteroatoms. The van der Waals surface area contributed by atoms with E-state index in [4.69, 9.17) is 14.7 Å². The van der Waals surface area contributed by atoms with Gasteiger partial charge in [0.2, 0.25) is 0 Å². The molecule has 0 bridgehead atoms.